The predicted molar refractivity (Wildman–Crippen MR) is 118 cm³/mol. The lowest BCUT2D eigenvalue weighted by molar-refractivity contribution is 0.0746. The summed E-state index contributed by atoms with van der Waals surface area (Å²) in [6.45, 7) is 4.99. The maximum atomic E-state index is 13.1. The Bertz CT molecular complexity index is 955. The number of anilines is 3. The molecule has 0 aliphatic rings. The van der Waals surface area contributed by atoms with Crippen LogP contribution in [0.4, 0.5) is 17.3 Å². The second-order valence-electron chi connectivity index (χ2n) is 7.09. The third-order valence-electron chi connectivity index (χ3n) is 4.60. The second-order valence-corrected chi connectivity index (χ2v) is 7.09. The summed E-state index contributed by atoms with van der Waals surface area (Å²) in [5.74, 6) is 0.314. The number of nitrogens with one attached hydrogen (secondary N) is 1. The molecule has 0 bridgehead atoms. The number of aromatic nitrogens is 2. The van der Waals surface area contributed by atoms with Crippen LogP contribution in [0.25, 0.3) is 0 Å². The summed E-state index contributed by atoms with van der Waals surface area (Å²) < 4.78 is 0. The first-order valence-corrected chi connectivity index (χ1v) is 9.69. The van der Waals surface area contributed by atoms with E-state index in [0.717, 1.165) is 22.6 Å². The van der Waals surface area contributed by atoms with Crippen LogP contribution in [0, 0.1) is 6.92 Å². The van der Waals surface area contributed by atoms with Crippen LogP contribution in [-0.2, 0) is 6.54 Å². The summed E-state index contributed by atoms with van der Waals surface area (Å²) in [5.41, 5.74) is 4.20. The Balaban J connectivity index is 1.79. The van der Waals surface area contributed by atoms with Crippen LogP contribution in [0.1, 0.15) is 28.7 Å². The summed E-state index contributed by atoms with van der Waals surface area (Å²) in [6, 6.07) is 19.7. The molecule has 0 aliphatic carbocycles. The number of amides is 1. The largest absolute Gasteiger partial charge is 0.378 e. The first-order valence-electron chi connectivity index (χ1n) is 9.69. The van der Waals surface area contributed by atoms with E-state index in [9.17, 15) is 4.79 Å². The van der Waals surface area contributed by atoms with Crippen molar-refractivity contribution in [1.29, 1.82) is 0 Å². The van der Waals surface area contributed by atoms with Gasteiger partial charge >= 0.3 is 0 Å². The third-order valence-corrected chi connectivity index (χ3v) is 4.60. The van der Waals surface area contributed by atoms with Crippen molar-refractivity contribution in [2.45, 2.75) is 20.4 Å². The van der Waals surface area contributed by atoms with Gasteiger partial charge in [0.15, 0.2) is 0 Å². The van der Waals surface area contributed by atoms with Crippen LogP contribution in [0.2, 0.25) is 0 Å². The highest BCUT2D eigenvalue weighted by molar-refractivity contribution is 5.92. The number of hydrogen-bond acceptors (Lipinski definition) is 5. The van der Waals surface area contributed by atoms with Gasteiger partial charge in [-0.1, -0.05) is 30.3 Å². The highest BCUT2D eigenvalue weighted by atomic mass is 16.2. The van der Waals surface area contributed by atoms with Gasteiger partial charge in [0, 0.05) is 44.3 Å². The predicted octanol–water partition coefficient (Wildman–Crippen LogP) is 4.26. The molecule has 0 atom stereocenters. The van der Waals surface area contributed by atoms with Gasteiger partial charge in [-0.3, -0.25) is 4.79 Å². The van der Waals surface area contributed by atoms with Crippen molar-refractivity contribution in [3.8, 4) is 0 Å². The Morgan fingerprint density at radius 3 is 2.31 bits per heavy atom. The summed E-state index contributed by atoms with van der Waals surface area (Å²) >= 11 is 0. The fraction of sp³-hybridized carbons (Fsp3) is 0.261. The summed E-state index contributed by atoms with van der Waals surface area (Å²) in [7, 11) is 4.00. The zero-order chi connectivity index (χ0) is 20.8. The average molecular weight is 390 g/mol. The van der Waals surface area contributed by atoms with Crippen LogP contribution >= 0.6 is 0 Å². The lowest BCUT2D eigenvalue weighted by Crippen LogP contribution is -2.31. The van der Waals surface area contributed by atoms with Crippen molar-refractivity contribution in [3.63, 3.8) is 0 Å². The molecule has 0 unspecified atom stereocenters. The summed E-state index contributed by atoms with van der Waals surface area (Å²) in [5, 5.41) is 3.20. The van der Waals surface area contributed by atoms with Gasteiger partial charge in [0.25, 0.3) is 5.91 Å². The molecule has 0 fully saturated rings. The van der Waals surface area contributed by atoms with Crippen molar-refractivity contribution >= 4 is 23.2 Å². The zero-order valence-corrected chi connectivity index (χ0v) is 17.4. The molecular formula is C23H27N5O. The van der Waals surface area contributed by atoms with E-state index in [1.54, 1.807) is 11.0 Å². The molecule has 0 radical (unpaired) electrons. The minimum absolute atomic E-state index is 0.104. The van der Waals surface area contributed by atoms with Crippen molar-refractivity contribution in [2.75, 3.05) is 30.9 Å². The maximum Gasteiger partial charge on any atom is 0.272 e. The van der Waals surface area contributed by atoms with Gasteiger partial charge in [0.05, 0.1) is 0 Å². The van der Waals surface area contributed by atoms with Crippen molar-refractivity contribution in [2.24, 2.45) is 0 Å². The fourth-order valence-electron chi connectivity index (χ4n) is 3.00. The molecule has 3 rings (SSSR count). The van der Waals surface area contributed by atoms with E-state index in [1.807, 2.05) is 87.4 Å². The molecule has 0 saturated carbocycles. The Morgan fingerprint density at radius 1 is 1.00 bits per heavy atom. The molecule has 29 heavy (non-hydrogen) atoms. The van der Waals surface area contributed by atoms with Crippen LogP contribution < -0.4 is 10.2 Å². The minimum atomic E-state index is -0.104. The molecule has 1 amide bonds. The molecule has 1 N–H and O–H groups in total. The SMILES string of the molecule is CCN(Cc1ccccc1)C(=O)c1cc(C)nc(Nc2ccc(N(C)C)cc2)n1. The smallest absolute Gasteiger partial charge is 0.272 e. The summed E-state index contributed by atoms with van der Waals surface area (Å²) in [4.78, 5) is 25.8. The van der Waals surface area contributed by atoms with Crippen LogP contribution in [0.3, 0.4) is 0 Å². The van der Waals surface area contributed by atoms with Crippen LogP contribution in [-0.4, -0.2) is 41.4 Å². The molecule has 6 nitrogen and oxygen atoms in total. The molecule has 1 heterocycles. The van der Waals surface area contributed by atoms with Crippen molar-refractivity contribution in [3.05, 3.63) is 77.6 Å². The van der Waals surface area contributed by atoms with Gasteiger partial charge in [-0.2, -0.15) is 0 Å². The first kappa shape index (κ1) is 20.3. The van der Waals surface area contributed by atoms with Crippen molar-refractivity contribution in [1.82, 2.24) is 14.9 Å². The summed E-state index contributed by atoms with van der Waals surface area (Å²) in [6.07, 6.45) is 0. The van der Waals surface area contributed by atoms with E-state index in [0.29, 0.717) is 24.7 Å². The Labute approximate surface area is 172 Å². The lowest BCUT2D eigenvalue weighted by atomic mass is 10.2. The number of carbonyl (C=O) groups is 1. The monoisotopic (exact) mass is 389 g/mol. The number of rotatable bonds is 7. The van der Waals surface area contributed by atoms with Crippen LogP contribution in [0.15, 0.2) is 60.7 Å². The normalized spacial score (nSPS) is 10.5. The van der Waals surface area contributed by atoms with Gasteiger partial charge in [0.2, 0.25) is 5.95 Å². The molecular weight excluding hydrogens is 362 g/mol. The molecule has 3 aromatic rings. The number of aryl methyl sites for hydroxylation is 1. The number of nitrogens with zero attached hydrogens (tertiary/aromatic N) is 4. The third kappa shape index (κ3) is 5.31. The molecule has 0 aliphatic heterocycles. The minimum Gasteiger partial charge on any atom is -0.378 e. The van der Waals surface area contributed by atoms with E-state index in [-0.39, 0.29) is 5.91 Å². The first-order chi connectivity index (χ1) is 14.0. The quantitative estimate of drug-likeness (QED) is 0.654. The standard InChI is InChI=1S/C23H27N5O/c1-5-28(16-18-9-7-6-8-10-18)22(29)21-15-17(2)24-23(26-21)25-19-11-13-20(14-12-19)27(3)4/h6-15H,5,16H2,1-4H3,(H,24,25,26). The zero-order valence-electron chi connectivity index (χ0n) is 17.4. The Hall–Kier alpha value is -3.41. The lowest BCUT2D eigenvalue weighted by Gasteiger charge is -2.21. The van der Waals surface area contributed by atoms with Gasteiger partial charge in [-0.25, -0.2) is 9.97 Å². The van der Waals surface area contributed by atoms with E-state index < -0.39 is 0 Å². The maximum absolute atomic E-state index is 13.1. The van der Waals surface area contributed by atoms with Gasteiger partial charge < -0.3 is 15.1 Å². The number of benzene rings is 2. The van der Waals surface area contributed by atoms with E-state index in [1.165, 1.54) is 0 Å². The molecule has 0 spiro atoms. The highest BCUT2D eigenvalue weighted by Crippen LogP contribution is 2.19. The van der Waals surface area contributed by atoms with E-state index in [2.05, 4.69) is 15.3 Å². The van der Waals surface area contributed by atoms with Crippen molar-refractivity contribution < 1.29 is 4.79 Å². The van der Waals surface area contributed by atoms with E-state index >= 15 is 0 Å². The highest BCUT2D eigenvalue weighted by Gasteiger charge is 2.18. The fourth-order valence-corrected chi connectivity index (χ4v) is 3.00. The Kier molecular flexibility index (Phi) is 6.44. The second kappa shape index (κ2) is 9.19. The molecule has 150 valence electrons. The molecule has 0 saturated heterocycles. The van der Waals surface area contributed by atoms with Gasteiger partial charge in [-0.05, 0) is 49.7 Å². The van der Waals surface area contributed by atoms with Gasteiger partial charge in [0.1, 0.15) is 5.69 Å². The number of hydrogen-bond donors (Lipinski definition) is 1. The molecule has 6 heteroatoms. The van der Waals surface area contributed by atoms with E-state index in [4.69, 9.17) is 0 Å². The molecule has 1 aromatic heterocycles. The van der Waals surface area contributed by atoms with Gasteiger partial charge in [-0.15, -0.1) is 0 Å². The molecule has 2 aromatic carbocycles. The van der Waals surface area contributed by atoms with Crippen LogP contribution in [0.5, 0.6) is 0 Å². The Morgan fingerprint density at radius 2 is 1.69 bits per heavy atom. The topological polar surface area (TPSA) is 61.4 Å². The number of carbonyl (C=O) groups excluding carboxylic acids is 1. The average Bonchev–Trinajstić information content (AvgIpc) is 2.72.